The number of nitrogens with zero attached hydrogens (tertiary/aromatic N) is 5. The molecule has 0 amide bonds. The van der Waals surface area contributed by atoms with Gasteiger partial charge in [-0.2, -0.15) is 15.4 Å². The molecule has 4 rings (SSSR count). The number of imidazole rings is 1. The molecule has 0 saturated carbocycles. The smallest absolute Gasteiger partial charge is 0.128 e. The fraction of sp³-hybridized carbons (Fsp3) is 0.111. The van der Waals surface area contributed by atoms with Gasteiger partial charge < -0.3 is 4.57 Å². The summed E-state index contributed by atoms with van der Waals surface area (Å²) < 4.78 is 15.6. The third kappa shape index (κ3) is 3.03. The van der Waals surface area contributed by atoms with E-state index in [2.05, 4.69) is 25.4 Å². The lowest BCUT2D eigenvalue weighted by atomic mass is 10.1. The van der Waals surface area contributed by atoms with Crippen LogP contribution in [-0.4, -0.2) is 29.9 Å². The summed E-state index contributed by atoms with van der Waals surface area (Å²) in [5.41, 5.74) is 4.59. The molecular formula is C18H15FN6. The molecule has 0 radical (unpaired) electrons. The molecule has 0 spiro atoms. The van der Waals surface area contributed by atoms with E-state index < -0.39 is 0 Å². The fourth-order valence-electron chi connectivity index (χ4n) is 2.68. The minimum absolute atomic E-state index is 0.223. The predicted molar refractivity (Wildman–Crippen MR) is 91.1 cm³/mol. The van der Waals surface area contributed by atoms with Crippen LogP contribution in [-0.2, 0) is 6.54 Å². The van der Waals surface area contributed by atoms with Gasteiger partial charge in [0.1, 0.15) is 17.2 Å². The second-order valence-electron chi connectivity index (χ2n) is 5.71. The highest BCUT2D eigenvalue weighted by Gasteiger charge is 2.10. The van der Waals surface area contributed by atoms with E-state index in [1.54, 1.807) is 24.7 Å². The molecule has 1 aromatic carbocycles. The van der Waals surface area contributed by atoms with Crippen LogP contribution < -0.4 is 0 Å². The lowest BCUT2D eigenvalue weighted by Crippen LogP contribution is -1.98. The third-order valence-electron chi connectivity index (χ3n) is 3.96. The molecule has 0 atom stereocenters. The molecule has 0 unspecified atom stereocenters. The van der Waals surface area contributed by atoms with E-state index in [0.717, 1.165) is 28.3 Å². The van der Waals surface area contributed by atoms with Crippen molar-refractivity contribution in [2.24, 2.45) is 0 Å². The van der Waals surface area contributed by atoms with Crippen LogP contribution in [0, 0.1) is 12.7 Å². The summed E-state index contributed by atoms with van der Waals surface area (Å²) in [6.45, 7) is 2.31. The molecule has 3 heterocycles. The van der Waals surface area contributed by atoms with Gasteiger partial charge in [-0.25, -0.2) is 9.37 Å². The molecule has 0 fully saturated rings. The van der Waals surface area contributed by atoms with Gasteiger partial charge in [0.05, 0.1) is 24.3 Å². The summed E-state index contributed by atoms with van der Waals surface area (Å²) in [6, 6.07) is 10.5. The molecule has 1 N–H and O–H groups in total. The number of H-pyrrole nitrogens is 1. The molecule has 0 saturated heterocycles. The molecule has 0 aliphatic heterocycles. The molecule has 6 nitrogen and oxygen atoms in total. The van der Waals surface area contributed by atoms with Crippen molar-refractivity contribution >= 4 is 0 Å². The van der Waals surface area contributed by atoms with Crippen LogP contribution in [0.1, 0.15) is 11.3 Å². The molecule has 3 aromatic heterocycles. The van der Waals surface area contributed by atoms with Crippen molar-refractivity contribution in [2.45, 2.75) is 13.5 Å². The minimum atomic E-state index is -0.223. The van der Waals surface area contributed by atoms with Gasteiger partial charge in [-0.15, -0.1) is 0 Å². The number of hydrogen-bond donors (Lipinski definition) is 1. The number of halogens is 1. The maximum atomic E-state index is 13.8. The largest absolute Gasteiger partial charge is 0.332 e. The zero-order valence-corrected chi connectivity index (χ0v) is 13.5. The summed E-state index contributed by atoms with van der Waals surface area (Å²) in [4.78, 5) is 8.77. The van der Waals surface area contributed by atoms with Crippen molar-refractivity contribution in [2.75, 3.05) is 0 Å². The van der Waals surface area contributed by atoms with Gasteiger partial charge >= 0.3 is 0 Å². The van der Waals surface area contributed by atoms with Gasteiger partial charge in [-0.05, 0) is 25.1 Å². The Labute approximate surface area is 143 Å². The lowest BCUT2D eigenvalue weighted by Gasteiger charge is -2.03. The Morgan fingerprint density at radius 2 is 1.96 bits per heavy atom. The first-order chi connectivity index (χ1) is 12.2. The average molecular weight is 334 g/mol. The van der Waals surface area contributed by atoms with Crippen LogP contribution in [0.25, 0.3) is 22.6 Å². The first kappa shape index (κ1) is 15.2. The Balaban J connectivity index is 1.62. The van der Waals surface area contributed by atoms with Crippen molar-refractivity contribution in [1.82, 2.24) is 29.9 Å². The average Bonchev–Trinajstić information content (AvgIpc) is 3.26. The number of aromatic amines is 1. The Hall–Kier alpha value is -3.35. The highest BCUT2D eigenvalue weighted by Crippen LogP contribution is 2.23. The molecule has 25 heavy (non-hydrogen) atoms. The minimum Gasteiger partial charge on any atom is -0.332 e. The monoisotopic (exact) mass is 334 g/mol. The molecule has 7 heteroatoms. The van der Waals surface area contributed by atoms with Crippen molar-refractivity contribution in [3.8, 4) is 22.6 Å². The zero-order valence-electron chi connectivity index (χ0n) is 13.5. The van der Waals surface area contributed by atoms with E-state index in [1.807, 2.05) is 35.9 Å². The van der Waals surface area contributed by atoms with Gasteiger partial charge in [0.15, 0.2) is 0 Å². The van der Waals surface area contributed by atoms with Crippen LogP contribution in [0.15, 0.2) is 55.1 Å². The summed E-state index contributed by atoms with van der Waals surface area (Å²) >= 11 is 0. The number of benzene rings is 1. The van der Waals surface area contributed by atoms with E-state index in [-0.39, 0.29) is 5.82 Å². The molecule has 0 aliphatic rings. The first-order valence-electron chi connectivity index (χ1n) is 7.80. The molecule has 0 aliphatic carbocycles. The number of aromatic nitrogens is 6. The van der Waals surface area contributed by atoms with Gasteiger partial charge in [-0.3, -0.25) is 4.98 Å². The van der Waals surface area contributed by atoms with Crippen molar-refractivity contribution in [1.29, 1.82) is 0 Å². The number of pyridine rings is 1. The van der Waals surface area contributed by atoms with Crippen molar-refractivity contribution in [3.63, 3.8) is 0 Å². The summed E-state index contributed by atoms with van der Waals surface area (Å²) in [5.74, 6) is -0.223. The van der Waals surface area contributed by atoms with Gasteiger partial charge in [0, 0.05) is 23.5 Å². The Morgan fingerprint density at radius 3 is 2.76 bits per heavy atom. The predicted octanol–water partition coefficient (Wildman–Crippen LogP) is 3.23. The first-order valence-corrected chi connectivity index (χ1v) is 7.80. The van der Waals surface area contributed by atoms with Crippen molar-refractivity contribution < 1.29 is 4.39 Å². The second-order valence-corrected chi connectivity index (χ2v) is 5.71. The summed E-state index contributed by atoms with van der Waals surface area (Å²) in [7, 11) is 0. The van der Waals surface area contributed by atoms with Crippen LogP contribution in [0.5, 0.6) is 0 Å². The lowest BCUT2D eigenvalue weighted by molar-refractivity contribution is 0.599. The normalized spacial score (nSPS) is 11.0. The van der Waals surface area contributed by atoms with Gasteiger partial charge in [0.25, 0.3) is 0 Å². The highest BCUT2D eigenvalue weighted by atomic mass is 19.1. The number of aryl methyl sites for hydroxylation is 1. The number of nitrogens with one attached hydrogen (secondary N) is 1. The maximum absolute atomic E-state index is 13.8. The summed E-state index contributed by atoms with van der Waals surface area (Å²) in [5, 5.41) is 10.8. The van der Waals surface area contributed by atoms with Crippen LogP contribution in [0.4, 0.5) is 4.39 Å². The standard InChI is InChI=1S/C18H15FN6/c1-12-18(23-24-22-12)13-6-7-20-16(8-13)17-10-25(11-21-17)9-14-4-2-3-5-15(14)19/h2-8,10-11H,9H2,1H3,(H,22,23,24). The topological polar surface area (TPSA) is 72.3 Å². The van der Waals surface area contributed by atoms with E-state index in [4.69, 9.17) is 0 Å². The van der Waals surface area contributed by atoms with E-state index in [1.165, 1.54) is 6.07 Å². The molecule has 124 valence electrons. The van der Waals surface area contributed by atoms with Gasteiger partial charge in [0.2, 0.25) is 0 Å². The van der Waals surface area contributed by atoms with Gasteiger partial charge in [-0.1, -0.05) is 18.2 Å². The number of hydrogen-bond acceptors (Lipinski definition) is 4. The maximum Gasteiger partial charge on any atom is 0.128 e. The Morgan fingerprint density at radius 1 is 1.08 bits per heavy atom. The molecule has 0 bridgehead atoms. The van der Waals surface area contributed by atoms with E-state index in [9.17, 15) is 4.39 Å². The third-order valence-corrected chi connectivity index (χ3v) is 3.96. The SMILES string of the molecule is Cc1n[nH]nc1-c1ccnc(-c2cn(Cc3ccccc3F)cn2)c1. The fourth-order valence-corrected chi connectivity index (χ4v) is 2.68. The van der Waals surface area contributed by atoms with E-state index >= 15 is 0 Å². The quantitative estimate of drug-likeness (QED) is 0.622. The molecular weight excluding hydrogens is 319 g/mol. The zero-order chi connectivity index (χ0) is 17.2. The molecule has 4 aromatic rings. The Kier molecular flexibility index (Phi) is 3.81. The van der Waals surface area contributed by atoms with Crippen LogP contribution in [0.3, 0.4) is 0 Å². The number of rotatable bonds is 4. The second kappa shape index (κ2) is 6.27. The Bertz CT molecular complexity index is 1020. The van der Waals surface area contributed by atoms with E-state index in [0.29, 0.717) is 12.1 Å². The summed E-state index contributed by atoms with van der Waals surface area (Å²) in [6.07, 6.45) is 5.25. The van der Waals surface area contributed by atoms with Crippen LogP contribution >= 0.6 is 0 Å². The van der Waals surface area contributed by atoms with Crippen molar-refractivity contribution in [3.05, 3.63) is 72.2 Å². The highest BCUT2D eigenvalue weighted by molar-refractivity contribution is 5.67. The van der Waals surface area contributed by atoms with Crippen LogP contribution in [0.2, 0.25) is 0 Å².